The van der Waals surface area contributed by atoms with Crippen LogP contribution in [0, 0.1) is 12.7 Å². The summed E-state index contributed by atoms with van der Waals surface area (Å²) < 4.78 is 51.4. The molecular formula is C23H18F3N3O6S. The molecule has 4 aromatic rings. The highest BCUT2D eigenvalue weighted by Crippen LogP contribution is 2.43. The number of carbonyl (C=O) groups is 1. The molecule has 1 aliphatic rings. The van der Waals surface area contributed by atoms with Crippen LogP contribution in [-0.4, -0.2) is 31.8 Å². The zero-order chi connectivity index (χ0) is 25.8. The average Bonchev–Trinajstić information content (AvgIpc) is 3.28. The molecule has 1 aliphatic carbocycles. The lowest BCUT2D eigenvalue weighted by Gasteiger charge is -2.17. The Balaban J connectivity index is 1.70. The first kappa shape index (κ1) is 23.9. The van der Waals surface area contributed by atoms with Gasteiger partial charge in [-0.15, -0.1) is 11.3 Å². The number of carboxylic acid groups (broad SMARTS) is 1. The molecule has 1 saturated carbocycles. The van der Waals surface area contributed by atoms with Crippen molar-refractivity contribution in [3.05, 3.63) is 68.4 Å². The number of alkyl halides is 2. The molecule has 5 rings (SSSR count). The van der Waals surface area contributed by atoms with E-state index < -0.39 is 35.2 Å². The number of aromatic nitrogens is 3. The van der Waals surface area contributed by atoms with E-state index >= 15 is 0 Å². The van der Waals surface area contributed by atoms with Crippen molar-refractivity contribution < 1.29 is 32.2 Å². The van der Waals surface area contributed by atoms with Gasteiger partial charge in [0.25, 0.3) is 5.56 Å². The monoisotopic (exact) mass is 521 g/mol. The van der Waals surface area contributed by atoms with Gasteiger partial charge in [0.05, 0.1) is 16.5 Å². The summed E-state index contributed by atoms with van der Waals surface area (Å²) in [6.07, 6.45) is 2.87. The molecule has 0 spiro atoms. The van der Waals surface area contributed by atoms with Crippen molar-refractivity contribution >= 4 is 27.5 Å². The molecule has 1 fully saturated rings. The molecule has 0 atom stereocenters. The van der Waals surface area contributed by atoms with E-state index in [4.69, 9.17) is 4.42 Å². The Bertz CT molecular complexity index is 1600. The molecule has 188 valence electrons. The van der Waals surface area contributed by atoms with Gasteiger partial charge in [0.1, 0.15) is 28.2 Å². The number of nitrogens with zero attached hydrogens (tertiary/aromatic N) is 3. The summed E-state index contributed by atoms with van der Waals surface area (Å²) in [7, 11) is 0. The van der Waals surface area contributed by atoms with Crippen LogP contribution in [0.2, 0.25) is 0 Å². The normalized spacial score (nSPS) is 14.5. The van der Waals surface area contributed by atoms with Crippen LogP contribution in [0.15, 0.2) is 44.7 Å². The molecular weight excluding hydrogens is 503 g/mol. The maximum Gasteiger partial charge on any atom is 0.387 e. The first-order valence-electron chi connectivity index (χ1n) is 10.8. The van der Waals surface area contributed by atoms with Gasteiger partial charge < -0.3 is 14.3 Å². The zero-order valence-electron chi connectivity index (χ0n) is 18.7. The van der Waals surface area contributed by atoms with Crippen molar-refractivity contribution in [3.63, 3.8) is 0 Å². The second kappa shape index (κ2) is 8.66. The van der Waals surface area contributed by atoms with Gasteiger partial charge in [0.2, 0.25) is 5.89 Å². The van der Waals surface area contributed by atoms with Crippen molar-refractivity contribution in [2.24, 2.45) is 0 Å². The maximum absolute atomic E-state index is 13.9. The minimum atomic E-state index is -3.14. The Hall–Kier alpha value is -3.87. The van der Waals surface area contributed by atoms with Crippen molar-refractivity contribution in [1.82, 2.24) is 14.1 Å². The molecule has 0 amide bonds. The number of oxazole rings is 1. The van der Waals surface area contributed by atoms with Gasteiger partial charge in [-0.1, -0.05) is 0 Å². The average molecular weight is 521 g/mol. The van der Waals surface area contributed by atoms with Gasteiger partial charge in [0.15, 0.2) is 0 Å². The number of fused-ring (bicyclic) bond motifs is 1. The summed E-state index contributed by atoms with van der Waals surface area (Å²) in [4.78, 5) is 43.9. The van der Waals surface area contributed by atoms with Crippen LogP contribution in [0.25, 0.3) is 21.0 Å². The van der Waals surface area contributed by atoms with Gasteiger partial charge in [-0.3, -0.25) is 9.36 Å². The van der Waals surface area contributed by atoms with E-state index in [0.717, 1.165) is 34.1 Å². The zero-order valence-corrected chi connectivity index (χ0v) is 19.5. The fourth-order valence-electron chi connectivity index (χ4n) is 4.30. The van der Waals surface area contributed by atoms with Crippen molar-refractivity contribution in [2.75, 3.05) is 0 Å². The largest absolute Gasteiger partial charge is 0.479 e. The Morgan fingerprint density at radius 3 is 2.69 bits per heavy atom. The second-order valence-electron chi connectivity index (χ2n) is 8.37. The van der Waals surface area contributed by atoms with Crippen LogP contribution in [0.1, 0.15) is 24.0 Å². The minimum absolute atomic E-state index is 0.0775. The van der Waals surface area contributed by atoms with E-state index in [1.54, 1.807) is 6.92 Å². The maximum atomic E-state index is 13.9. The summed E-state index contributed by atoms with van der Waals surface area (Å²) >= 11 is 1.06. The SMILES string of the molecule is Cc1c(-c2ncco2)sc2c1c(=O)n(C1(C(=O)O)CC1)c(=O)n2CCc1cc(F)ccc1OC(F)F. The summed E-state index contributed by atoms with van der Waals surface area (Å²) in [5.74, 6) is -2.02. The number of ether oxygens (including phenoxy) is 1. The number of benzene rings is 1. The molecule has 3 heterocycles. The van der Waals surface area contributed by atoms with Crippen LogP contribution in [0.5, 0.6) is 5.75 Å². The van der Waals surface area contributed by atoms with E-state index in [0.29, 0.717) is 10.4 Å². The van der Waals surface area contributed by atoms with E-state index in [9.17, 15) is 32.7 Å². The van der Waals surface area contributed by atoms with E-state index in [-0.39, 0.29) is 53.2 Å². The number of halogens is 3. The van der Waals surface area contributed by atoms with E-state index in [1.807, 2.05) is 0 Å². The lowest BCUT2D eigenvalue weighted by molar-refractivity contribution is -0.142. The molecule has 1 aromatic carbocycles. The summed E-state index contributed by atoms with van der Waals surface area (Å²) in [5, 5.41) is 9.92. The number of hydrogen-bond acceptors (Lipinski definition) is 7. The Kier molecular flexibility index (Phi) is 5.74. The molecule has 3 aromatic heterocycles. The Morgan fingerprint density at radius 1 is 1.33 bits per heavy atom. The molecule has 9 nitrogen and oxygen atoms in total. The molecule has 0 unspecified atom stereocenters. The van der Waals surface area contributed by atoms with Gasteiger partial charge in [-0.05, 0) is 55.5 Å². The van der Waals surface area contributed by atoms with Crippen LogP contribution in [-0.2, 0) is 23.3 Å². The molecule has 13 heteroatoms. The van der Waals surface area contributed by atoms with Gasteiger partial charge in [0, 0.05) is 6.54 Å². The van der Waals surface area contributed by atoms with Crippen molar-refractivity contribution in [1.29, 1.82) is 0 Å². The predicted octanol–water partition coefficient (Wildman–Crippen LogP) is 3.75. The third-order valence-corrected chi connectivity index (χ3v) is 7.53. The number of aliphatic carboxylic acids is 1. The number of rotatable bonds is 8. The fraction of sp³-hybridized carbons (Fsp3) is 0.304. The van der Waals surface area contributed by atoms with Gasteiger partial charge in [-0.2, -0.15) is 8.78 Å². The van der Waals surface area contributed by atoms with Crippen LogP contribution in [0.3, 0.4) is 0 Å². The number of thiophene rings is 1. The lowest BCUT2D eigenvalue weighted by Crippen LogP contribution is -2.48. The number of aryl methyl sites for hydroxylation is 3. The number of carboxylic acids is 1. The Labute approximate surface area is 204 Å². The molecule has 0 radical (unpaired) electrons. The smallest absolute Gasteiger partial charge is 0.387 e. The molecule has 36 heavy (non-hydrogen) atoms. The first-order valence-corrected chi connectivity index (χ1v) is 11.6. The second-order valence-corrected chi connectivity index (χ2v) is 9.36. The highest BCUT2D eigenvalue weighted by atomic mass is 32.1. The minimum Gasteiger partial charge on any atom is -0.479 e. The molecule has 1 N–H and O–H groups in total. The van der Waals surface area contributed by atoms with Crippen LogP contribution >= 0.6 is 11.3 Å². The molecule has 0 bridgehead atoms. The van der Waals surface area contributed by atoms with E-state index in [2.05, 4.69) is 9.72 Å². The van der Waals surface area contributed by atoms with Crippen molar-refractivity contribution in [3.8, 4) is 16.5 Å². The fourth-order valence-corrected chi connectivity index (χ4v) is 5.56. The molecule has 0 aliphatic heterocycles. The van der Waals surface area contributed by atoms with E-state index in [1.165, 1.54) is 17.0 Å². The summed E-state index contributed by atoms with van der Waals surface area (Å²) in [6, 6.07) is 3.06. The lowest BCUT2D eigenvalue weighted by atomic mass is 10.1. The third kappa shape index (κ3) is 3.79. The third-order valence-electron chi connectivity index (χ3n) is 6.23. The van der Waals surface area contributed by atoms with Crippen LogP contribution < -0.4 is 16.0 Å². The molecule has 0 saturated heterocycles. The highest BCUT2D eigenvalue weighted by Gasteiger charge is 2.54. The quantitative estimate of drug-likeness (QED) is 0.375. The summed E-state index contributed by atoms with van der Waals surface area (Å²) in [6.45, 7) is -1.67. The van der Waals surface area contributed by atoms with Gasteiger partial charge >= 0.3 is 18.3 Å². The topological polar surface area (TPSA) is 117 Å². The Morgan fingerprint density at radius 2 is 2.08 bits per heavy atom. The predicted molar refractivity (Wildman–Crippen MR) is 122 cm³/mol. The summed E-state index contributed by atoms with van der Waals surface area (Å²) in [5.41, 5.74) is -2.73. The number of hydrogen-bond donors (Lipinski definition) is 1. The standard InChI is InChI=1S/C23H18F3N3O6S/c1-11-15-18(30)29(23(5-6-23)20(31)32)22(33)28(19(15)36-16(11)17-27-7-9-34-17)8-4-12-10-13(24)2-3-14(12)35-21(25)26/h2-3,7,9-10,21H,4-6,8H2,1H3,(H,31,32). The van der Waals surface area contributed by atoms with Gasteiger partial charge in [-0.25, -0.2) is 23.5 Å². The van der Waals surface area contributed by atoms with Crippen LogP contribution in [0.4, 0.5) is 13.2 Å². The first-order chi connectivity index (χ1) is 17.1. The highest BCUT2D eigenvalue weighted by molar-refractivity contribution is 7.22. The van der Waals surface area contributed by atoms with Crippen molar-refractivity contribution in [2.45, 2.75) is 44.9 Å².